The summed E-state index contributed by atoms with van der Waals surface area (Å²) < 4.78 is 37.3. The van der Waals surface area contributed by atoms with Crippen LogP contribution in [0.2, 0.25) is 0 Å². The molecule has 1 N–H and O–H groups in total. The summed E-state index contributed by atoms with van der Waals surface area (Å²) in [5.41, 5.74) is 0.129. The largest absolute Gasteiger partial charge is 0.416 e. The van der Waals surface area contributed by atoms with Crippen LogP contribution in [0.4, 0.5) is 13.2 Å². The van der Waals surface area contributed by atoms with Crippen molar-refractivity contribution in [3.63, 3.8) is 0 Å². The van der Waals surface area contributed by atoms with Crippen LogP contribution in [0, 0.1) is 0 Å². The van der Waals surface area contributed by atoms with Gasteiger partial charge in [-0.1, -0.05) is 19.1 Å². The molecular weight excluding hydrogens is 243 g/mol. The van der Waals surface area contributed by atoms with Gasteiger partial charge in [0.25, 0.3) is 0 Å². The lowest BCUT2D eigenvalue weighted by molar-refractivity contribution is -0.137. The number of carbonyl (C=O) groups is 1. The molecule has 1 aromatic carbocycles. The third-order valence-electron chi connectivity index (χ3n) is 3.34. The minimum Gasteiger partial charge on any atom is -0.353 e. The maximum atomic E-state index is 12.4. The van der Waals surface area contributed by atoms with E-state index in [9.17, 15) is 18.0 Å². The topological polar surface area (TPSA) is 29.1 Å². The zero-order valence-electron chi connectivity index (χ0n) is 9.92. The van der Waals surface area contributed by atoms with Gasteiger partial charge < -0.3 is 5.32 Å². The molecule has 0 saturated carbocycles. The van der Waals surface area contributed by atoms with Crippen molar-refractivity contribution in [1.82, 2.24) is 5.32 Å². The standard InChI is InChI=1S/C13H14F3NO/c1-2-11-10(7-12(18)17-11)8-3-5-9(6-4-8)13(14,15)16/h3-6,10-11H,2,7H2,1H3,(H,17,18). The highest BCUT2D eigenvalue weighted by molar-refractivity contribution is 5.80. The Hall–Kier alpha value is -1.52. The van der Waals surface area contributed by atoms with Crippen molar-refractivity contribution >= 4 is 5.91 Å². The fourth-order valence-electron chi connectivity index (χ4n) is 2.36. The zero-order chi connectivity index (χ0) is 13.3. The third kappa shape index (κ3) is 2.49. The number of alkyl halides is 3. The number of hydrogen-bond donors (Lipinski definition) is 1. The Morgan fingerprint density at radius 3 is 2.39 bits per heavy atom. The van der Waals surface area contributed by atoms with Gasteiger partial charge in [0.15, 0.2) is 0 Å². The lowest BCUT2D eigenvalue weighted by atomic mass is 9.90. The maximum absolute atomic E-state index is 12.4. The molecule has 1 saturated heterocycles. The molecule has 0 bridgehead atoms. The van der Waals surface area contributed by atoms with E-state index in [4.69, 9.17) is 0 Å². The van der Waals surface area contributed by atoms with Gasteiger partial charge >= 0.3 is 6.18 Å². The predicted molar refractivity (Wildman–Crippen MR) is 61.0 cm³/mol. The summed E-state index contributed by atoms with van der Waals surface area (Å²) in [6.07, 6.45) is -3.19. The van der Waals surface area contributed by atoms with Crippen molar-refractivity contribution in [1.29, 1.82) is 0 Å². The van der Waals surface area contributed by atoms with Crippen LogP contribution in [-0.2, 0) is 11.0 Å². The van der Waals surface area contributed by atoms with Crippen LogP contribution < -0.4 is 5.32 Å². The van der Waals surface area contributed by atoms with E-state index in [1.807, 2.05) is 6.92 Å². The fourth-order valence-corrected chi connectivity index (χ4v) is 2.36. The van der Waals surface area contributed by atoms with Crippen LogP contribution in [0.15, 0.2) is 24.3 Å². The molecule has 18 heavy (non-hydrogen) atoms. The summed E-state index contributed by atoms with van der Waals surface area (Å²) in [5.74, 6) is -0.0588. The van der Waals surface area contributed by atoms with E-state index in [1.54, 1.807) is 0 Å². The van der Waals surface area contributed by atoms with Crippen LogP contribution in [0.5, 0.6) is 0 Å². The minimum absolute atomic E-state index is 0.0224. The molecule has 0 aliphatic carbocycles. The van der Waals surface area contributed by atoms with Gasteiger partial charge in [0.2, 0.25) is 5.91 Å². The van der Waals surface area contributed by atoms with E-state index in [2.05, 4.69) is 5.32 Å². The first-order chi connectivity index (χ1) is 8.41. The molecule has 1 aliphatic heterocycles. The molecule has 2 atom stereocenters. The molecule has 1 fully saturated rings. The molecule has 98 valence electrons. The van der Waals surface area contributed by atoms with Gasteiger partial charge in [-0.05, 0) is 24.1 Å². The van der Waals surface area contributed by atoms with Crippen molar-refractivity contribution in [2.45, 2.75) is 37.9 Å². The van der Waals surface area contributed by atoms with Gasteiger partial charge in [-0.3, -0.25) is 4.79 Å². The van der Waals surface area contributed by atoms with Crippen LogP contribution in [-0.4, -0.2) is 11.9 Å². The van der Waals surface area contributed by atoms with Crippen molar-refractivity contribution in [3.8, 4) is 0 Å². The molecule has 1 heterocycles. The summed E-state index contributed by atoms with van der Waals surface area (Å²) in [6, 6.07) is 5.11. The molecule has 0 aromatic heterocycles. The van der Waals surface area contributed by atoms with Crippen molar-refractivity contribution in [2.75, 3.05) is 0 Å². The molecule has 1 amide bonds. The molecule has 1 aliphatic rings. The number of carbonyl (C=O) groups excluding carboxylic acids is 1. The first-order valence-electron chi connectivity index (χ1n) is 5.88. The third-order valence-corrected chi connectivity index (χ3v) is 3.34. The average molecular weight is 257 g/mol. The normalized spacial score (nSPS) is 24.1. The minimum atomic E-state index is -4.31. The molecule has 5 heteroatoms. The molecule has 0 spiro atoms. The number of rotatable bonds is 2. The van der Waals surface area contributed by atoms with E-state index >= 15 is 0 Å². The highest BCUT2D eigenvalue weighted by Crippen LogP contribution is 2.33. The Bertz CT molecular complexity index is 439. The van der Waals surface area contributed by atoms with E-state index in [0.29, 0.717) is 6.42 Å². The van der Waals surface area contributed by atoms with Crippen LogP contribution in [0.3, 0.4) is 0 Å². The monoisotopic (exact) mass is 257 g/mol. The van der Waals surface area contributed by atoms with Gasteiger partial charge in [0.05, 0.1) is 5.56 Å². The van der Waals surface area contributed by atoms with Gasteiger partial charge in [-0.2, -0.15) is 13.2 Å². The summed E-state index contributed by atoms with van der Waals surface area (Å²) in [7, 11) is 0. The first-order valence-corrected chi connectivity index (χ1v) is 5.88. The van der Waals surface area contributed by atoms with Crippen LogP contribution in [0.25, 0.3) is 0 Å². The molecule has 2 rings (SSSR count). The van der Waals surface area contributed by atoms with Crippen molar-refractivity contribution in [2.24, 2.45) is 0 Å². The SMILES string of the molecule is CCC1NC(=O)CC1c1ccc(C(F)(F)F)cc1. The maximum Gasteiger partial charge on any atom is 0.416 e. The molecule has 2 unspecified atom stereocenters. The molecular formula is C13H14F3NO. The van der Waals surface area contributed by atoms with Gasteiger partial charge in [0, 0.05) is 18.4 Å². The van der Waals surface area contributed by atoms with E-state index in [1.165, 1.54) is 12.1 Å². The van der Waals surface area contributed by atoms with E-state index in [-0.39, 0.29) is 17.9 Å². The van der Waals surface area contributed by atoms with E-state index in [0.717, 1.165) is 24.1 Å². The number of benzene rings is 1. The Morgan fingerprint density at radius 2 is 1.89 bits per heavy atom. The molecule has 1 aromatic rings. The molecule has 0 radical (unpaired) electrons. The Labute approximate surface area is 103 Å². The van der Waals surface area contributed by atoms with Crippen molar-refractivity contribution < 1.29 is 18.0 Å². The smallest absolute Gasteiger partial charge is 0.353 e. The average Bonchev–Trinajstić information content (AvgIpc) is 2.69. The quantitative estimate of drug-likeness (QED) is 0.866. The number of amides is 1. The van der Waals surface area contributed by atoms with Gasteiger partial charge in [0.1, 0.15) is 0 Å². The molecule has 2 nitrogen and oxygen atoms in total. The predicted octanol–water partition coefficient (Wildman–Crippen LogP) is 3.09. The summed E-state index contributed by atoms with van der Waals surface area (Å²) in [5, 5.41) is 2.84. The number of hydrogen-bond acceptors (Lipinski definition) is 1. The second kappa shape index (κ2) is 4.63. The van der Waals surface area contributed by atoms with Crippen LogP contribution >= 0.6 is 0 Å². The second-order valence-corrected chi connectivity index (χ2v) is 4.51. The van der Waals surface area contributed by atoms with Crippen LogP contribution in [0.1, 0.15) is 36.8 Å². The number of nitrogens with one attached hydrogen (secondary N) is 1. The lowest BCUT2D eigenvalue weighted by Gasteiger charge is -2.18. The Kier molecular flexibility index (Phi) is 3.32. The summed E-state index contributed by atoms with van der Waals surface area (Å²) in [4.78, 5) is 11.3. The summed E-state index contributed by atoms with van der Waals surface area (Å²) in [6.45, 7) is 1.95. The summed E-state index contributed by atoms with van der Waals surface area (Å²) >= 11 is 0. The van der Waals surface area contributed by atoms with Gasteiger partial charge in [-0.15, -0.1) is 0 Å². The number of halogens is 3. The highest BCUT2D eigenvalue weighted by atomic mass is 19.4. The first kappa shape index (κ1) is 12.9. The Balaban J connectivity index is 2.22. The van der Waals surface area contributed by atoms with E-state index < -0.39 is 11.7 Å². The Morgan fingerprint density at radius 1 is 1.28 bits per heavy atom. The lowest BCUT2D eigenvalue weighted by Crippen LogP contribution is -2.27. The van der Waals surface area contributed by atoms with Crippen molar-refractivity contribution in [3.05, 3.63) is 35.4 Å². The zero-order valence-corrected chi connectivity index (χ0v) is 9.92. The highest BCUT2D eigenvalue weighted by Gasteiger charge is 2.34. The fraction of sp³-hybridized carbons (Fsp3) is 0.462. The van der Waals surface area contributed by atoms with Gasteiger partial charge in [-0.25, -0.2) is 0 Å². The second-order valence-electron chi connectivity index (χ2n) is 4.51.